The van der Waals surface area contributed by atoms with Gasteiger partial charge in [-0.05, 0) is 38.0 Å². The van der Waals surface area contributed by atoms with Crippen LogP contribution in [0.2, 0.25) is 5.02 Å². The second kappa shape index (κ2) is 8.94. The fraction of sp³-hybridized carbons (Fsp3) is 0.375. The number of hydrogen-bond acceptors (Lipinski definition) is 5. The third-order valence-electron chi connectivity index (χ3n) is 6.28. The number of carbonyl (C=O) groups excluding carboxylic acids is 3. The lowest BCUT2D eigenvalue weighted by Gasteiger charge is -2.48. The van der Waals surface area contributed by atoms with Gasteiger partial charge in [0.25, 0.3) is 5.91 Å². The maximum absolute atomic E-state index is 13.3. The summed E-state index contributed by atoms with van der Waals surface area (Å²) in [7, 11) is 2.99. The summed E-state index contributed by atoms with van der Waals surface area (Å²) in [5.41, 5.74) is 0.874. The lowest BCUT2D eigenvalue weighted by Crippen LogP contribution is -2.62. The fourth-order valence-corrected chi connectivity index (χ4v) is 4.85. The number of ether oxygens (including phenoxy) is 2. The first kappa shape index (κ1) is 22.9. The van der Waals surface area contributed by atoms with Crippen LogP contribution in [-0.4, -0.2) is 49.0 Å². The number of nitrogens with one attached hydrogen (secondary N) is 1. The van der Waals surface area contributed by atoms with Crippen LogP contribution >= 0.6 is 11.6 Å². The van der Waals surface area contributed by atoms with Gasteiger partial charge in [-0.25, -0.2) is 0 Å². The Labute approximate surface area is 197 Å². The number of fused-ring (bicyclic) bond motifs is 3. The largest absolute Gasteiger partial charge is 0.495 e. The van der Waals surface area contributed by atoms with Crippen molar-refractivity contribution in [1.29, 1.82) is 0 Å². The van der Waals surface area contributed by atoms with Crippen LogP contribution in [0.1, 0.15) is 43.0 Å². The molecule has 1 fully saturated rings. The van der Waals surface area contributed by atoms with Gasteiger partial charge < -0.3 is 19.7 Å². The standard InChI is InChI=1S/C24H26ClN3O5/c1-24-11-10-22(30)28(24)18-8-5-4-7-15(18)23(31)27(24)12-6-9-21(29)26-17-13-16(25)19(32-2)14-20(17)33-3/h4-5,7-8,13-14H,6,9-12H2,1-3H3,(H,26,29). The predicted octanol–water partition coefficient (Wildman–Crippen LogP) is 4.07. The number of halogens is 1. The van der Waals surface area contributed by atoms with Gasteiger partial charge in [0.05, 0.1) is 36.2 Å². The van der Waals surface area contributed by atoms with E-state index in [0.717, 1.165) is 0 Å². The topological polar surface area (TPSA) is 88.2 Å². The summed E-state index contributed by atoms with van der Waals surface area (Å²) in [5, 5.41) is 3.16. The van der Waals surface area contributed by atoms with Crippen molar-refractivity contribution >= 4 is 40.7 Å². The molecule has 1 unspecified atom stereocenters. The summed E-state index contributed by atoms with van der Waals surface area (Å²) in [6.07, 6.45) is 1.55. The molecule has 8 nitrogen and oxygen atoms in total. The van der Waals surface area contributed by atoms with Crippen molar-refractivity contribution in [3.8, 4) is 11.5 Å². The van der Waals surface area contributed by atoms with Gasteiger partial charge >= 0.3 is 0 Å². The zero-order valence-electron chi connectivity index (χ0n) is 18.8. The first-order chi connectivity index (χ1) is 15.8. The number of para-hydroxylation sites is 1. The van der Waals surface area contributed by atoms with Gasteiger partial charge in [-0.2, -0.15) is 0 Å². The van der Waals surface area contributed by atoms with Crippen LogP contribution in [0.5, 0.6) is 11.5 Å². The van der Waals surface area contributed by atoms with Crippen LogP contribution in [0.15, 0.2) is 36.4 Å². The average molecular weight is 472 g/mol. The Morgan fingerprint density at radius 2 is 1.88 bits per heavy atom. The van der Waals surface area contributed by atoms with Crippen molar-refractivity contribution in [3.63, 3.8) is 0 Å². The van der Waals surface area contributed by atoms with Crippen LogP contribution in [0.4, 0.5) is 11.4 Å². The van der Waals surface area contributed by atoms with Crippen LogP contribution in [0, 0.1) is 0 Å². The van der Waals surface area contributed by atoms with E-state index in [2.05, 4.69) is 5.32 Å². The van der Waals surface area contributed by atoms with Gasteiger partial charge in [-0.15, -0.1) is 0 Å². The smallest absolute Gasteiger partial charge is 0.257 e. The van der Waals surface area contributed by atoms with Crippen molar-refractivity contribution in [2.24, 2.45) is 0 Å². The summed E-state index contributed by atoms with van der Waals surface area (Å²) in [6, 6.07) is 10.4. The van der Waals surface area contributed by atoms with Crippen LogP contribution in [0.25, 0.3) is 0 Å². The van der Waals surface area contributed by atoms with E-state index in [1.54, 1.807) is 34.1 Å². The monoisotopic (exact) mass is 471 g/mol. The Kier molecular flexibility index (Phi) is 6.21. The molecule has 9 heteroatoms. The van der Waals surface area contributed by atoms with Crippen molar-refractivity contribution < 1.29 is 23.9 Å². The molecular weight excluding hydrogens is 446 g/mol. The number of anilines is 2. The van der Waals surface area contributed by atoms with Gasteiger partial charge in [0.2, 0.25) is 11.8 Å². The minimum Gasteiger partial charge on any atom is -0.495 e. The molecule has 0 radical (unpaired) electrons. The first-order valence-electron chi connectivity index (χ1n) is 10.8. The molecule has 1 N–H and O–H groups in total. The Morgan fingerprint density at radius 3 is 2.61 bits per heavy atom. The molecule has 0 spiro atoms. The Hall–Kier alpha value is -3.26. The first-order valence-corrected chi connectivity index (χ1v) is 11.1. The molecule has 2 aliphatic heterocycles. The maximum atomic E-state index is 13.3. The van der Waals surface area contributed by atoms with E-state index in [0.29, 0.717) is 59.3 Å². The molecule has 0 aliphatic carbocycles. The zero-order chi connectivity index (χ0) is 23.8. The number of hydrogen-bond donors (Lipinski definition) is 1. The summed E-state index contributed by atoms with van der Waals surface area (Å²) in [6.45, 7) is 2.26. The van der Waals surface area contributed by atoms with Gasteiger partial charge in [0.1, 0.15) is 17.2 Å². The molecule has 4 rings (SSSR count). The highest BCUT2D eigenvalue weighted by molar-refractivity contribution is 6.32. The van der Waals surface area contributed by atoms with Crippen LogP contribution < -0.4 is 19.7 Å². The third-order valence-corrected chi connectivity index (χ3v) is 6.57. The lowest BCUT2D eigenvalue weighted by atomic mass is 9.98. The van der Waals surface area contributed by atoms with Crippen molar-refractivity contribution in [2.45, 2.75) is 38.3 Å². The molecule has 0 bridgehead atoms. The average Bonchev–Trinajstić information content (AvgIpc) is 3.11. The molecule has 1 saturated heterocycles. The van der Waals surface area contributed by atoms with Crippen molar-refractivity contribution in [1.82, 2.24) is 4.90 Å². The molecule has 2 heterocycles. The van der Waals surface area contributed by atoms with E-state index in [4.69, 9.17) is 21.1 Å². The molecule has 3 amide bonds. The van der Waals surface area contributed by atoms with Gasteiger partial charge in [0, 0.05) is 25.5 Å². The highest BCUT2D eigenvalue weighted by atomic mass is 35.5. The van der Waals surface area contributed by atoms with Gasteiger partial charge in [-0.1, -0.05) is 23.7 Å². The minimum absolute atomic E-state index is 0.00340. The normalized spacial score (nSPS) is 19.3. The predicted molar refractivity (Wildman–Crippen MR) is 125 cm³/mol. The molecule has 1 atom stereocenters. The number of methoxy groups -OCH3 is 2. The second-order valence-electron chi connectivity index (χ2n) is 8.26. The molecule has 2 aromatic rings. The summed E-state index contributed by atoms with van der Waals surface area (Å²) >= 11 is 6.18. The van der Waals surface area contributed by atoms with Crippen molar-refractivity contribution in [2.75, 3.05) is 31.0 Å². The van der Waals surface area contributed by atoms with E-state index in [1.165, 1.54) is 14.2 Å². The van der Waals surface area contributed by atoms with Gasteiger partial charge in [-0.3, -0.25) is 19.3 Å². The number of amides is 3. The van der Waals surface area contributed by atoms with E-state index in [9.17, 15) is 14.4 Å². The zero-order valence-corrected chi connectivity index (χ0v) is 19.6. The van der Waals surface area contributed by atoms with E-state index < -0.39 is 5.66 Å². The van der Waals surface area contributed by atoms with Crippen molar-refractivity contribution in [3.05, 3.63) is 47.0 Å². The third kappa shape index (κ3) is 3.99. The second-order valence-corrected chi connectivity index (χ2v) is 8.67. The van der Waals surface area contributed by atoms with E-state index in [1.807, 2.05) is 19.1 Å². The number of nitrogens with zero attached hydrogens (tertiary/aromatic N) is 2. The maximum Gasteiger partial charge on any atom is 0.257 e. The number of benzene rings is 2. The number of carbonyl (C=O) groups is 3. The van der Waals surface area contributed by atoms with Gasteiger partial charge in [0.15, 0.2) is 0 Å². The lowest BCUT2D eigenvalue weighted by molar-refractivity contribution is -0.118. The Bertz CT molecular complexity index is 1120. The molecular formula is C24H26ClN3O5. The fourth-order valence-electron chi connectivity index (χ4n) is 4.61. The Morgan fingerprint density at radius 1 is 1.15 bits per heavy atom. The Balaban J connectivity index is 1.46. The molecule has 174 valence electrons. The highest BCUT2D eigenvalue weighted by Crippen LogP contribution is 2.44. The minimum atomic E-state index is -0.730. The SMILES string of the molecule is COc1cc(OC)c(NC(=O)CCCN2C(=O)c3ccccc3N3C(=O)CCC23C)cc1Cl. The quantitative estimate of drug-likeness (QED) is 0.657. The molecule has 2 aliphatic rings. The number of rotatable bonds is 7. The van der Waals surface area contributed by atoms with Crippen LogP contribution in [0.3, 0.4) is 0 Å². The molecule has 0 saturated carbocycles. The summed E-state index contributed by atoms with van der Waals surface area (Å²) in [4.78, 5) is 42.0. The van der Waals surface area contributed by atoms with E-state index in [-0.39, 0.29) is 24.1 Å². The highest BCUT2D eigenvalue weighted by Gasteiger charge is 2.52. The van der Waals surface area contributed by atoms with Crippen LogP contribution in [-0.2, 0) is 9.59 Å². The molecule has 0 aromatic heterocycles. The summed E-state index contributed by atoms with van der Waals surface area (Å²) < 4.78 is 10.5. The molecule has 2 aromatic carbocycles. The molecule has 33 heavy (non-hydrogen) atoms. The summed E-state index contributed by atoms with van der Waals surface area (Å²) in [5.74, 6) is 0.523. The van der Waals surface area contributed by atoms with E-state index >= 15 is 0 Å².